The molecule has 1 aliphatic carbocycles. The van der Waals surface area contributed by atoms with E-state index < -0.39 is 0 Å². The second kappa shape index (κ2) is 3.70. The maximum Gasteiger partial charge on any atom is 0.0660 e. The zero-order chi connectivity index (χ0) is 12.0. The van der Waals surface area contributed by atoms with Gasteiger partial charge in [-0.05, 0) is 36.6 Å². The first-order valence-corrected chi connectivity index (χ1v) is 6.70. The smallest absolute Gasteiger partial charge is 0.0660 e. The first-order chi connectivity index (χ1) is 8.08. The van der Waals surface area contributed by atoms with E-state index in [-0.39, 0.29) is 5.41 Å². The molecular formula is C14H15BrN2. The molecule has 0 amide bonds. The van der Waals surface area contributed by atoms with Crippen LogP contribution in [-0.4, -0.2) is 9.78 Å². The third-order valence-electron chi connectivity index (χ3n) is 3.56. The van der Waals surface area contributed by atoms with E-state index in [0.717, 1.165) is 16.6 Å². The van der Waals surface area contributed by atoms with Crippen molar-refractivity contribution in [3.05, 3.63) is 46.2 Å². The second-order valence-corrected chi connectivity index (χ2v) is 6.21. The van der Waals surface area contributed by atoms with Crippen LogP contribution in [0, 0.1) is 0 Å². The highest BCUT2D eigenvalue weighted by molar-refractivity contribution is 9.10. The van der Waals surface area contributed by atoms with Gasteiger partial charge in [-0.3, -0.25) is 0 Å². The summed E-state index contributed by atoms with van der Waals surface area (Å²) in [7, 11) is 0. The van der Waals surface area contributed by atoms with Gasteiger partial charge in [-0.15, -0.1) is 0 Å². The van der Waals surface area contributed by atoms with Crippen LogP contribution in [0.1, 0.15) is 31.5 Å². The lowest BCUT2D eigenvalue weighted by Gasteiger charge is -2.20. The fourth-order valence-corrected chi connectivity index (χ4v) is 3.04. The lowest BCUT2D eigenvalue weighted by atomic mass is 9.90. The van der Waals surface area contributed by atoms with Crippen molar-refractivity contribution in [3.63, 3.8) is 0 Å². The predicted octanol–water partition coefficient (Wildman–Crippen LogP) is 3.86. The lowest BCUT2D eigenvalue weighted by molar-refractivity contribution is 0.489. The Hall–Kier alpha value is -1.09. The monoisotopic (exact) mass is 290 g/mol. The van der Waals surface area contributed by atoms with Crippen molar-refractivity contribution in [1.29, 1.82) is 0 Å². The summed E-state index contributed by atoms with van der Waals surface area (Å²) >= 11 is 3.52. The molecule has 3 rings (SSSR count). The van der Waals surface area contributed by atoms with Gasteiger partial charge in [0.15, 0.2) is 0 Å². The van der Waals surface area contributed by atoms with E-state index in [1.165, 1.54) is 17.7 Å². The summed E-state index contributed by atoms with van der Waals surface area (Å²) in [5.74, 6) is 0. The zero-order valence-corrected chi connectivity index (χ0v) is 11.7. The largest absolute Gasteiger partial charge is 0.237 e. The minimum Gasteiger partial charge on any atom is -0.237 e. The van der Waals surface area contributed by atoms with E-state index in [2.05, 4.69) is 57.8 Å². The normalized spacial score (nSPS) is 17.1. The van der Waals surface area contributed by atoms with Gasteiger partial charge in [-0.25, -0.2) is 4.68 Å². The highest BCUT2D eigenvalue weighted by atomic mass is 79.9. The Bertz CT molecular complexity index is 569. The average molecular weight is 291 g/mol. The van der Waals surface area contributed by atoms with Crippen molar-refractivity contribution >= 4 is 15.9 Å². The van der Waals surface area contributed by atoms with Gasteiger partial charge in [0.2, 0.25) is 0 Å². The highest BCUT2D eigenvalue weighted by Crippen LogP contribution is 2.39. The SMILES string of the molecule is CC1(C)CCc2cnn(-c3cccc(Br)c3)c21. The van der Waals surface area contributed by atoms with Crippen molar-refractivity contribution in [2.24, 2.45) is 0 Å². The summed E-state index contributed by atoms with van der Waals surface area (Å²) in [5.41, 5.74) is 4.13. The standard InChI is InChI=1S/C14H15BrN2/c1-14(2)7-6-10-9-16-17(13(10)14)12-5-3-4-11(15)8-12/h3-5,8-9H,6-7H2,1-2H3. The molecule has 0 aliphatic heterocycles. The third-order valence-corrected chi connectivity index (χ3v) is 4.05. The summed E-state index contributed by atoms with van der Waals surface area (Å²) in [6.45, 7) is 4.60. The molecule has 0 fully saturated rings. The van der Waals surface area contributed by atoms with Crippen LogP contribution in [-0.2, 0) is 11.8 Å². The van der Waals surface area contributed by atoms with Crippen LogP contribution in [0.4, 0.5) is 0 Å². The van der Waals surface area contributed by atoms with Gasteiger partial charge in [-0.1, -0.05) is 35.8 Å². The molecule has 2 aromatic rings. The van der Waals surface area contributed by atoms with E-state index in [0.29, 0.717) is 0 Å². The van der Waals surface area contributed by atoms with E-state index in [4.69, 9.17) is 0 Å². The topological polar surface area (TPSA) is 17.8 Å². The number of nitrogens with zero attached hydrogens (tertiary/aromatic N) is 2. The molecule has 1 aromatic carbocycles. The van der Waals surface area contributed by atoms with Gasteiger partial charge < -0.3 is 0 Å². The fraction of sp³-hybridized carbons (Fsp3) is 0.357. The lowest BCUT2D eigenvalue weighted by Crippen LogP contribution is -2.18. The average Bonchev–Trinajstić information content (AvgIpc) is 2.81. The molecule has 0 N–H and O–H groups in total. The van der Waals surface area contributed by atoms with Crippen LogP contribution in [0.15, 0.2) is 34.9 Å². The van der Waals surface area contributed by atoms with Gasteiger partial charge in [0, 0.05) is 9.89 Å². The van der Waals surface area contributed by atoms with Gasteiger partial charge in [-0.2, -0.15) is 5.10 Å². The van der Waals surface area contributed by atoms with E-state index in [1.807, 2.05) is 12.3 Å². The van der Waals surface area contributed by atoms with E-state index in [9.17, 15) is 0 Å². The van der Waals surface area contributed by atoms with Crippen LogP contribution in [0.2, 0.25) is 0 Å². The molecule has 88 valence electrons. The number of fused-ring (bicyclic) bond motifs is 1. The molecule has 1 heterocycles. The molecular weight excluding hydrogens is 276 g/mol. The Morgan fingerprint density at radius 2 is 2.18 bits per heavy atom. The first-order valence-electron chi connectivity index (χ1n) is 5.91. The highest BCUT2D eigenvalue weighted by Gasteiger charge is 2.34. The van der Waals surface area contributed by atoms with Gasteiger partial charge in [0.1, 0.15) is 0 Å². The van der Waals surface area contributed by atoms with Crippen LogP contribution in [0.3, 0.4) is 0 Å². The van der Waals surface area contributed by atoms with Crippen molar-refractivity contribution in [1.82, 2.24) is 9.78 Å². The number of halogens is 1. The Kier molecular flexibility index (Phi) is 2.40. The summed E-state index contributed by atoms with van der Waals surface area (Å²) in [6, 6.07) is 8.31. The second-order valence-electron chi connectivity index (χ2n) is 5.29. The van der Waals surface area contributed by atoms with Gasteiger partial charge >= 0.3 is 0 Å². The van der Waals surface area contributed by atoms with Crippen molar-refractivity contribution in [2.75, 3.05) is 0 Å². The minimum absolute atomic E-state index is 0.230. The van der Waals surface area contributed by atoms with Crippen LogP contribution < -0.4 is 0 Å². The predicted molar refractivity (Wildman–Crippen MR) is 72.6 cm³/mol. The molecule has 0 atom stereocenters. The molecule has 3 heteroatoms. The third kappa shape index (κ3) is 1.73. The van der Waals surface area contributed by atoms with Gasteiger partial charge in [0.05, 0.1) is 17.6 Å². The van der Waals surface area contributed by atoms with Crippen molar-refractivity contribution in [3.8, 4) is 5.69 Å². The van der Waals surface area contributed by atoms with Gasteiger partial charge in [0.25, 0.3) is 0 Å². The molecule has 0 radical (unpaired) electrons. The first kappa shape index (κ1) is 11.0. The Morgan fingerprint density at radius 3 is 2.94 bits per heavy atom. The molecule has 1 aliphatic rings. The minimum atomic E-state index is 0.230. The maximum atomic E-state index is 4.54. The van der Waals surface area contributed by atoms with E-state index >= 15 is 0 Å². The molecule has 0 saturated carbocycles. The maximum absolute atomic E-state index is 4.54. The molecule has 1 aromatic heterocycles. The van der Waals surface area contributed by atoms with Crippen molar-refractivity contribution < 1.29 is 0 Å². The van der Waals surface area contributed by atoms with E-state index in [1.54, 1.807) is 0 Å². The zero-order valence-electron chi connectivity index (χ0n) is 10.1. The Morgan fingerprint density at radius 1 is 1.35 bits per heavy atom. The number of benzene rings is 1. The molecule has 0 spiro atoms. The summed E-state index contributed by atoms with van der Waals surface area (Å²) < 4.78 is 3.18. The summed E-state index contributed by atoms with van der Waals surface area (Å²) in [4.78, 5) is 0. The molecule has 2 nitrogen and oxygen atoms in total. The molecule has 17 heavy (non-hydrogen) atoms. The summed E-state index contributed by atoms with van der Waals surface area (Å²) in [6.07, 6.45) is 4.38. The fourth-order valence-electron chi connectivity index (χ4n) is 2.66. The quantitative estimate of drug-likeness (QED) is 0.780. The number of hydrogen-bond donors (Lipinski definition) is 0. The van der Waals surface area contributed by atoms with Crippen LogP contribution in [0.5, 0.6) is 0 Å². The Balaban J connectivity index is 2.18. The molecule has 0 saturated heterocycles. The van der Waals surface area contributed by atoms with Crippen LogP contribution >= 0.6 is 15.9 Å². The number of hydrogen-bond acceptors (Lipinski definition) is 1. The Labute approximate surface area is 110 Å². The number of aryl methyl sites for hydroxylation is 1. The number of aromatic nitrogens is 2. The van der Waals surface area contributed by atoms with Crippen LogP contribution in [0.25, 0.3) is 5.69 Å². The van der Waals surface area contributed by atoms with Crippen molar-refractivity contribution in [2.45, 2.75) is 32.1 Å². The number of rotatable bonds is 1. The molecule has 0 bridgehead atoms. The summed E-state index contributed by atoms with van der Waals surface area (Å²) in [5, 5.41) is 4.54. The molecule has 0 unspecified atom stereocenters.